The van der Waals surface area contributed by atoms with Crippen molar-refractivity contribution in [2.24, 2.45) is 0 Å². The molecule has 0 heterocycles. The summed E-state index contributed by atoms with van der Waals surface area (Å²) in [5.74, 6) is 2.62. The minimum Gasteiger partial charge on any atom is -0.120 e. The minimum absolute atomic E-state index is 0.913. The normalized spacial score (nSPS) is 10.0. The van der Waals surface area contributed by atoms with Crippen LogP contribution in [0.15, 0.2) is 12.2 Å². The zero-order chi connectivity index (χ0) is 7.66. The van der Waals surface area contributed by atoms with Gasteiger partial charge in [0.05, 0.1) is 0 Å². The summed E-state index contributed by atoms with van der Waals surface area (Å²) in [7, 11) is 0. The quantitative estimate of drug-likeness (QED) is 0.309. The van der Waals surface area contributed by atoms with E-state index in [2.05, 4.69) is 25.0 Å². The van der Waals surface area contributed by atoms with Gasteiger partial charge in [0.1, 0.15) is 0 Å². The summed E-state index contributed by atoms with van der Waals surface area (Å²) in [6, 6.07) is 0. The number of allylic oxidation sites excluding steroid dienone is 2. The van der Waals surface area contributed by atoms with Crippen molar-refractivity contribution in [2.75, 3.05) is 0 Å². The molecule has 0 atom stereocenters. The molecule has 0 heteroatoms. The predicted molar refractivity (Wildman–Crippen MR) is 46.7 cm³/mol. The molecule has 0 aliphatic carbocycles. The highest BCUT2D eigenvalue weighted by Crippen LogP contribution is 1.96. The fourth-order valence-corrected chi connectivity index (χ4v) is 0.724. The van der Waals surface area contributed by atoms with Gasteiger partial charge < -0.3 is 0 Å². The summed E-state index contributed by atoms with van der Waals surface area (Å²) in [5.41, 5.74) is 0. The van der Waals surface area contributed by atoms with E-state index in [9.17, 15) is 0 Å². The maximum atomic E-state index is 5.10. The van der Waals surface area contributed by atoms with Crippen LogP contribution in [0.4, 0.5) is 0 Å². The highest BCUT2D eigenvalue weighted by molar-refractivity contribution is 4.86. The molecule has 0 N–H and O–H groups in total. The van der Waals surface area contributed by atoms with Crippen molar-refractivity contribution in [2.45, 2.75) is 39.0 Å². The maximum Gasteiger partial charge on any atom is 0.00890 e. The van der Waals surface area contributed by atoms with Gasteiger partial charge in [0.2, 0.25) is 0 Å². The molecule has 0 rings (SSSR count). The Morgan fingerprint density at radius 3 is 2.60 bits per heavy atom. The molecule has 0 radical (unpaired) electrons. The van der Waals surface area contributed by atoms with Crippen LogP contribution in [0.2, 0.25) is 0 Å². The Morgan fingerprint density at radius 2 is 2.00 bits per heavy atom. The summed E-state index contributed by atoms with van der Waals surface area (Å²) in [5, 5.41) is 0. The molecule has 0 aromatic carbocycles. The lowest BCUT2D eigenvalue weighted by molar-refractivity contribution is 0.873. The van der Waals surface area contributed by atoms with E-state index in [0.717, 1.165) is 19.3 Å². The van der Waals surface area contributed by atoms with Crippen LogP contribution in [-0.2, 0) is 0 Å². The third-order valence-electron chi connectivity index (χ3n) is 1.31. The van der Waals surface area contributed by atoms with Crippen LogP contribution in [0.3, 0.4) is 0 Å². The van der Waals surface area contributed by atoms with Crippen molar-refractivity contribution in [1.29, 1.82) is 0 Å². The first kappa shape index (κ1) is 9.30. The highest BCUT2D eigenvalue weighted by atomic mass is 13.8. The van der Waals surface area contributed by atoms with Gasteiger partial charge in [0.25, 0.3) is 0 Å². The molecule has 0 spiro atoms. The largest absolute Gasteiger partial charge is 0.120 e. The summed E-state index contributed by atoms with van der Waals surface area (Å²) in [6.07, 6.45) is 15.2. The first-order chi connectivity index (χ1) is 4.91. The van der Waals surface area contributed by atoms with E-state index in [1.807, 2.05) is 0 Å². The van der Waals surface area contributed by atoms with Crippen LogP contribution >= 0.6 is 0 Å². The van der Waals surface area contributed by atoms with Crippen LogP contribution in [-0.4, -0.2) is 0 Å². The Balaban J connectivity index is 2.96. The summed E-state index contributed by atoms with van der Waals surface area (Å²) in [6.45, 7) is 2.19. The van der Waals surface area contributed by atoms with Gasteiger partial charge in [0.15, 0.2) is 0 Å². The predicted octanol–water partition coefficient (Wildman–Crippen LogP) is 3.15. The van der Waals surface area contributed by atoms with Crippen molar-refractivity contribution in [3.8, 4) is 12.3 Å². The lowest BCUT2D eigenvalue weighted by Gasteiger charge is -1.87. The van der Waals surface area contributed by atoms with Crippen LogP contribution in [0, 0.1) is 12.3 Å². The van der Waals surface area contributed by atoms with E-state index in [1.54, 1.807) is 0 Å². The summed E-state index contributed by atoms with van der Waals surface area (Å²) < 4.78 is 0. The number of hydrogen-bond donors (Lipinski definition) is 0. The molecule has 0 aliphatic heterocycles. The molecule has 0 aromatic heterocycles. The molecule has 0 aliphatic rings. The van der Waals surface area contributed by atoms with Crippen molar-refractivity contribution in [3.05, 3.63) is 12.2 Å². The van der Waals surface area contributed by atoms with Crippen molar-refractivity contribution in [3.63, 3.8) is 0 Å². The first-order valence-electron chi connectivity index (χ1n) is 4.00. The number of terminal acetylenes is 1. The van der Waals surface area contributed by atoms with Gasteiger partial charge in [-0.3, -0.25) is 0 Å². The van der Waals surface area contributed by atoms with E-state index in [4.69, 9.17) is 6.42 Å². The summed E-state index contributed by atoms with van der Waals surface area (Å²) >= 11 is 0. The molecule has 56 valence electrons. The van der Waals surface area contributed by atoms with Gasteiger partial charge in [-0.25, -0.2) is 0 Å². The molecule has 0 saturated heterocycles. The van der Waals surface area contributed by atoms with Gasteiger partial charge >= 0.3 is 0 Å². The molecule has 10 heavy (non-hydrogen) atoms. The number of hydrogen-bond acceptors (Lipinski definition) is 0. The van der Waals surface area contributed by atoms with Crippen LogP contribution in [0.1, 0.15) is 39.0 Å². The second-order valence-electron chi connectivity index (χ2n) is 2.36. The maximum absolute atomic E-state index is 5.10. The van der Waals surface area contributed by atoms with Gasteiger partial charge in [-0.1, -0.05) is 25.5 Å². The van der Waals surface area contributed by atoms with Crippen LogP contribution in [0.5, 0.6) is 0 Å². The smallest absolute Gasteiger partial charge is 0.00890 e. The molecule has 0 bridgehead atoms. The SMILES string of the molecule is C#CCCC/C=C\CCC. The molecule has 0 saturated carbocycles. The fourth-order valence-electron chi connectivity index (χ4n) is 0.724. The third kappa shape index (κ3) is 7.30. The molecule has 0 aromatic rings. The lowest BCUT2D eigenvalue weighted by Crippen LogP contribution is -1.68. The monoisotopic (exact) mass is 136 g/mol. The van der Waals surface area contributed by atoms with Gasteiger partial charge in [-0.15, -0.1) is 12.3 Å². The Bertz CT molecular complexity index is 114. The molecule has 0 amide bonds. The fraction of sp³-hybridized carbons (Fsp3) is 0.600. The van der Waals surface area contributed by atoms with Gasteiger partial charge in [0, 0.05) is 6.42 Å². The van der Waals surface area contributed by atoms with E-state index in [0.29, 0.717) is 0 Å². The van der Waals surface area contributed by atoms with Gasteiger partial charge in [-0.05, 0) is 19.3 Å². The Kier molecular flexibility index (Phi) is 7.72. The number of rotatable bonds is 5. The van der Waals surface area contributed by atoms with Crippen LogP contribution < -0.4 is 0 Å². The van der Waals surface area contributed by atoms with E-state index in [1.165, 1.54) is 12.8 Å². The third-order valence-corrected chi connectivity index (χ3v) is 1.31. The molecular formula is C10H16. The molecule has 0 unspecified atom stereocenters. The molecule has 0 nitrogen and oxygen atoms in total. The van der Waals surface area contributed by atoms with Crippen molar-refractivity contribution < 1.29 is 0 Å². The van der Waals surface area contributed by atoms with E-state index >= 15 is 0 Å². The second-order valence-corrected chi connectivity index (χ2v) is 2.36. The first-order valence-corrected chi connectivity index (χ1v) is 4.00. The average molecular weight is 136 g/mol. The topological polar surface area (TPSA) is 0 Å². The summed E-state index contributed by atoms with van der Waals surface area (Å²) in [4.78, 5) is 0. The Morgan fingerprint density at radius 1 is 1.30 bits per heavy atom. The minimum atomic E-state index is 0.913. The Labute approximate surface area is 64.3 Å². The zero-order valence-corrected chi connectivity index (χ0v) is 6.77. The van der Waals surface area contributed by atoms with E-state index in [-0.39, 0.29) is 0 Å². The van der Waals surface area contributed by atoms with E-state index < -0.39 is 0 Å². The highest BCUT2D eigenvalue weighted by Gasteiger charge is 1.78. The van der Waals surface area contributed by atoms with Gasteiger partial charge in [-0.2, -0.15) is 0 Å². The van der Waals surface area contributed by atoms with Crippen molar-refractivity contribution in [1.82, 2.24) is 0 Å². The lowest BCUT2D eigenvalue weighted by atomic mass is 10.2. The zero-order valence-electron chi connectivity index (χ0n) is 6.77. The average Bonchev–Trinajstić information content (AvgIpc) is 1.97. The standard InChI is InChI=1S/C10H16/c1-3-5-7-9-10-8-6-4-2/h1,8,10H,4-7,9H2,2H3/b10-8-. The van der Waals surface area contributed by atoms with Crippen LogP contribution in [0.25, 0.3) is 0 Å². The molecular weight excluding hydrogens is 120 g/mol. The number of unbranched alkanes of at least 4 members (excludes halogenated alkanes) is 3. The second kappa shape index (κ2) is 8.30. The molecule has 0 fully saturated rings. The Hall–Kier alpha value is -0.700. The van der Waals surface area contributed by atoms with Crippen molar-refractivity contribution >= 4 is 0 Å².